The van der Waals surface area contributed by atoms with Gasteiger partial charge in [0.05, 0.1) is 59.5 Å². The molecule has 0 aliphatic carbocycles. The van der Waals surface area contributed by atoms with Crippen LogP contribution in [0.2, 0.25) is 0 Å². The van der Waals surface area contributed by atoms with Crippen LogP contribution in [0.15, 0.2) is 0 Å². The molecule has 19 heteroatoms. The average molecular weight is 905 g/mol. The molecule has 0 spiro atoms. The summed E-state index contributed by atoms with van der Waals surface area (Å²) in [5.41, 5.74) is 0. The SMILES string of the molecule is CC(C)C(=O)COCCOCCNC(=O)COCCOCCNC(=O)COCCOCCNC(=O)CC[C@H](NC(=O)CCCCCCCCCCCCCCCCC(=O)O)C(=O)O. The van der Waals surface area contributed by atoms with Gasteiger partial charge in [-0.3, -0.25) is 28.8 Å². The predicted molar refractivity (Wildman–Crippen MR) is 234 cm³/mol. The zero-order chi connectivity index (χ0) is 46.6. The van der Waals surface area contributed by atoms with Crippen molar-refractivity contribution in [2.45, 2.75) is 135 Å². The summed E-state index contributed by atoms with van der Waals surface area (Å²) in [6.07, 6.45) is 15.5. The van der Waals surface area contributed by atoms with Crippen LogP contribution in [0, 0.1) is 5.92 Å². The zero-order valence-corrected chi connectivity index (χ0v) is 38.2. The van der Waals surface area contributed by atoms with E-state index in [2.05, 4.69) is 21.3 Å². The van der Waals surface area contributed by atoms with Crippen molar-refractivity contribution in [1.82, 2.24) is 21.3 Å². The van der Waals surface area contributed by atoms with Gasteiger partial charge in [-0.2, -0.15) is 0 Å². The molecule has 0 radical (unpaired) electrons. The molecule has 6 N–H and O–H groups in total. The Hall–Kier alpha value is -3.75. The Morgan fingerprint density at radius 2 is 0.778 bits per heavy atom. The summed E-state index contributed by atoms with van der Waals surface area (Å²) < 4.78 is 31.9. The average Bonchev–Trinajstić information content (AvgIpc) is 3.24. The largest absolute Gasteiger partial charge is 0.481 e. The summed E-state index contributed by atoms with van der Waals surface area (Å²) in [6.45, 7) is 6.39. The monoisotopic (exact) mass is 905 g/mol. The number of rotatable bonds is 47. The minimum absolute atomic E-state index is 0.0292. The summed E-state index contributed by atoms with van der Waals surface area (Å²) in [6, 6.07) is -1.14. The van der Waals surface area contributed by atoms with Crippen molar-refractivity contribution < 1.29 is 72.2 Å². The number of nitrogens with one attached hydrogen (secondary N) is 4. The third-order valence-electron chi connectivity index (χ3n) is 9.51. The van der Waals surface area contributed by atoms with Crippen molar-refractivity contribution in [1.29, 1.82) is 0 Å². The first-order valence-electron chi connectivity index (χ1n) is 23.0. The van der Waals surface area contributed by atoms with E-state index in [-0.39, 0.29) is 134 Å². The van der Waals surface area contributed by atoms with Gasteiger partial charge in [-0.25, -0.2) is 4.79 Å². The summed E-state index contributed by atoms with van der Waals surface area (Å²) in [7, 11) is 0. The van der Waals surface area contributed by atoms with Crippen LogP contribution in [0.5, 0.6) is 0 Å². The van der Waals surface area contributed by atoms with E-state index < -0.39 is 18.0 Å². The van der Waals surface area contributed by atoms with E-state index in [1.807, 2.05) is 13.8 Å². The number of carbonyl (C=O) groups is 7. The molecular formula is C44H80N4O15. The molecule has 63 heavy (non-hydrogen) atoms. The smallest absolute Gasteiger partial charge is 0.326 e. The number of carboxylic acids is 2. The molecule has 0 rings (SSSR count). The van der Waals surface area contributed by atoms with Crippen LogP contribution < -0.4 is 21.3 Å². The van der Waals surface area contributed by atoms with E-state index in [1.54, 1.807) is 0 Å². The highest BCUT2D eigenvalue weighted by Crippen LogP contribution is 2.14. The van der Waals surface area contributed by atoms with Gasteiger partial charge in [-0.1, -0.05) is 90.9 Å². The van der Waals surface area contributed by atoms with E-state index in [4.69, 9.17) is 33.5 Å². The fraction of sp³-hybridized carbons (Fsp3) is 0.841. The number of amides is 4. The van der Waals surface area contributed by atoms with Gasteiger partial charge in [-0.15, -0.1) is 0 Å². The number of unbranched alkanes of at least 4 members (excludes halogenated alkanes) is 13. The summed E-state index contributed by atoms with van der Waals surface area (Å²) in [5.74, 6) is -3.23. The van der Waals surface area contributed by atoms with Crippen LogP contribution in [0.25, 0.3) is 0 Å². The minimum Gasteiger partial charge on any atom is -0.481 e. The third-order valence-corrected chi connectivity index (χ3v) is 9.51. The normalized spacial score (nSPS) is 11.6. The summed E-state index contributed by atoms with van der Waals surface area (Å²) in [4.78, 5) is 81.8. The topological polar surface area (TPSA) is 263 Å². The van der Waals surface area contributed by atoms with E-state index in [0.29, 0.717) is 32.8 Å². The van der Waals surface area contributed by atoms with E-state index in [1.165, 1.54) is 44.9 Å². The maximum absolute atomic E-state index is 12.3. The molecule has 19 nitrogen and oxygen atoms in total. The summed E-state index contributed by atoms with van der Waals surface area (Å²) in [5, 5.41) is 28.7. The Morgan fingerprint density at radius 3 is 1.17 bits per heavy atom. The number of carboxylic acid groups (broad SMARTS) is 2. The van der Waals surface area contributed by atoms with Crippen LogP contribution in [0.1, 0.15) is 129 Å². The van der Waals surface area contributed by atoms with E-state index >= 15 is 0 Å². The minimum atomic E-state index is -1.19. The first-order chi connectivity index (χ1) is 30.4. The van der Waals surface area contributed by atoms with Crippen LogP contribution in [0.3, 0.4) is 0 Å². The number of hydrogen-bond acceptors (Lipinski definition) is 13. The van der Waals surface area contributed by atoms with Gasteiger partial charge in [0.1, 0.15) is 25.9 Å². The third kappa shape index (κ3) is 43.3. The lowest BCUT2D eigenvalue weighted by molar-refractivity contribution is -0.142. The molecule has 0 aliphatic rings. The molecule has 0 fully saturated rings. The van der Waals surface area contributed by atoms with Gasteiger partial charge in [0, 0.05) is 44.8 Å². The molecule has 0 unspecified atom stereocenters. The summed E-state index contributed by atoms with van der Waals surface area (Å²) >= 11 is 0. The Labute approximate surface area is 374 Å². The van der Waals surface area contributed by atoms with Gasteiger partial charge in [0.15, 0.2) is 5.78 Å². The van der Waals surface area contributed by atoms with Crippen molar-refractivity contribution in [2.75, 3.05) is 98.9 Å². The van der Waals surface area contributed by atoms with E-state index in [9.17, 15) is 38.7 Å². The Morgan fingerprint density at radius 1 is 0.413 bits per heavy atom. The molecule has 1 atom stereocenters. The quantitative estimate of drug-likeness (QED) is 0.0479. The van der Waals surface area contributed by atoms with Crippen LogP contribution in [0.4, 0.5) is 0 Å². The molecule has 0 heterocycles. The molecule has 4 amide bonds. The lowest BCUT2D eigenvalue weighted by atomic mass is 10.0. The number of ether oxygens (including phenoxy) is 6. The molecule has 0 aromatic heterocycles. The van der Waals surface area contributed by atoms with Crippen LogP contribution in [-0.2, 0) is 62.0 Å². The van der Waals surface area contributed by atoms with Gasteiger partial charge >= 0.3 is 11.9 Å². The van der Waals surface area contributed by atoms with Crippen molar-refractivity contribution in [2.24, 2.45) is 5.92 Å². The molecule has 366 valence electrons. The number of Topliss-reactive ketones (excluding diaryl/α,β-unsaturated/α-hetero) is 1. The second-order valence-corrected chi connectivity index (χ2v) is 15.5. The Bertz CT molecular complexity index is 1220. The first-order valence-corrected chi connectivity index (χ1v) is 23.0. The number of aliphatic carboxylic acids is 2. The molecule has 0 aromatic carbocycles. The predicted octanol–water partition coefficient (Wildman–Crippen LogP) is 3.34. The van der Waals surface area contributed by atoms with Crippen molar-refractivity contribution in [3.8, 4) is 0 Å². The van der Waals surface area contributed by atoms with Crippen molar-refractivity contribution >= 4 is 41.4 Å². The highest BCUT2D eigenvalue weighted by Gasteiger charge is 2.21. The molecule has 0 aromatic rings. The maximum Gasteiger partial charge on any atom is 0.326 e. The molecule has 0 saturated carbocycles. The van der Waals surface area contributed by atoms with Crippen LogP contribution in [-0.4, -0.2) is 157 Å². The second-order valence-electron chi connectivity index (χ2n) is 15.5. The van der Waals surface area contributed by atoms with Gasteiger partial charge < -0.3 is 59.9 Å². The molecule has 0 aliphatic heterocycles. The Kier molecular flexibility index (Phi) is 40.9. The van der Waals surface area contributed by atoms with Gasteiger partial charge in [-0.05, 0) is 19.3 Å². The lowest BCUT2D eigenvalue weighted by Gasteiger charge is -2.14. The number of carbonyl (C=O) groups excluding carboxylic acids is 5. The Balaban J connectivity index is 3.62. The zero-order valence-electron chi connectivity index (χ0n) is 38.2. The maximum atomic E-state index is 12.3. The van der Waals surface area contributed by atoms with Crippen molar-refractivity contribution in [3.05, 3.63) is 0 Å². The first kappa shape index (κ1) is 59.2. The molecular weight excluding hydrogens is 824 g/mol. The molecule has 0 bridgehead atoms. The lowest BCUT2D eigenvalue weighted by Crippen LogP contribution is -2.41. The highest BCUT2D eigenvalue weighted by molar-refractivity contribution is 5.84. The van der Waals surface area contributed by atoms with Crippen molar-refractivity contribution in [3.63, 3.8) is 0 Å². The standard InChI is InChI=1S/C44H80N4O15/c1-36(2)38(49)33-61-30-27-59-25-22-46-41(52)35-63-32-29-60-26-23-47-42(53)34-62-31-28-58-24-21-45-39(50)20-19-37(44(56)57)48-40(51)17-15-13-11-9-7-5-3-4-6-8-10-12-14-16-18-43(54)55/h36-37H,3-35H2,1-2H3,(H,45,50)(H,46,52)(H,47,53)(H,48,51)(H,54,55)(H,56,57)/t37-/m0/s1. The fourth-order valence-corrected chi connectivity index (χ4v) is 5.79. The van der Waals surface area contributed by atoms with Gasteiger partial charge in [0.25, 0.3) is 0 Å². The number of hydrogen-bond donors (Lipinski definition) is 6. The van der Waals surface area contributed by atoms with Gasteiger partial charge in [0.2, 0.25) is 23.6 Å². The second kappa shape index (κ2) is 43.5. The fourth-order valence-electron chi connectivity index (χ4n) is 5.79. The number of ketones is 1. The highest BCUT2D eigenvalue weighted by atomic mass is 16.5. The molecule has 0 saturated heterocycles. The van der Waals surface area contributed by atoms with E-state index in [0.717, 1.165) is 38.5 Å². The van der Waals surface area contributed by atoms with Crippen LogP contribution >= 0.6 is 0 Å².